The minimum atomic E-state index is -0.345. The van der Waals surface area contributed by atoms with E-state index in [0.717, 1.165) is 0 Å². The summed E-state index contributed by atoms with van der Waals surface area (Å²) in [5.41, 5.74) is 0. The first-order valence-electron chi connectivity index (χ1n) is 2.22. The van der Waals surface area contributed by atoms with Crippen LogP contribution < -0.4 is 0 Å². The Morgan fingerprint density at radius 3 is 1.75 bits per heavy atom. The lowest BCUT2D eigenvalue weighted by atomic mass is 10.2. The van der Waals surface area contributed by atoms with E-state index < -0.39 is 0 Å². The molecule has 0 aromatic heterocycles. The van der Waals surface area contributed by atoms with Crippen LogP contribution in [0.1, 0.15) is 20.3 Å². The first-order valence-corrected chi connectivity index (χ1v) is 2.22. The highest BCUT2D eigenvalue weighted by molar-refractivity contribution is 6.36. The SMILES string of the molecule is CCC(=O)C(C)=O.[Si]. The van der Waals surface area contributed by atoms with Crippen molar-refractivity contribution < 1.29 is 9.59 Å². The van der Waals surface area contributed by atoms with Crippen LogP contribution in [0.25, 0.3) is 0 Å². The molecule has 0 unspecified atom stereocenters. The van der Waals surface area contributed by atoms with Gasteiger partial charge in [0.05, 0.1) is 0 Å². The maximum Gasteiger partial charge on any atom is 0.197 e. The average Bonchev–Trinajstić information content (AvgIpc) is 1.65. The van der Waals surface area contributed by atoms with E-state index in [-0.39, 0.29) is 22.5 Å². The van der Waals surface area contributed by atoms with Gasteiger partial charge in [0.15, 0.2) is 11.6 Å². The molecule has 0 amide bonds. The molecule has 0 aliphatic rings. The summed E-state index contributed by atoms with van der Waals surface area (Å²) >= 11 is 0. The van der Waals surface area contributed by atoms with E-state index in [1.807, 2.05) is 0 Å². The van der Waals surface area contributed by atoms with Crippen LogP contribution >= 0.6 is 0 Å². The highest BCUT2D eigenvalue weighted by Crippen LogP contribution is 1.79. The molecule has 0 rings (SSSR count). The van der Waals surface area contributed by atoms with Crippen molar-refractivity contribution >= 4 is 22.5 Å². The van der Waals surface area contributed by atoms with Crippen LogP contribution in [0.2, 0.25) is 0 Å². The van der Waals surface area contributed by atoms with Gasteiger partial charge < -0.3 is 0 Å². The Balaban J connectivity index is 0. The lowest BCUT2D eigenvalue weighted by Crippen LogP contribution is -2.06. The molecule has 0 saturated carbocycles. The van der Waals surface area contributed by atoms with Gasteiger partial charge in [-0.1, -0.05) is 6.92 Å². The molecular formula is C5H8O2Si. The van der Waals surface area contributed by atoms with E-state index in [2.05, 4.69) is 0 Å². The minimum absolute atomic E-state index is 0. The standard InChI is InChI=1S/C5H8O2.Si/c1-3-5(7)4(2)6;/h3H2,1-2H3;. The van der Waals surface area contributed by atoms with Crippen LogP contribution in [-0.4, -0.2) is 22.5 Å². The van der Waals surface area contributed by atoms with E-state index in [1.165, 1.54) is 6.92 Å². The second kappa shape index (κ2) is 4.71. The molecule has 0 aliphatic carbocycles. The second-order valence-electron chi connectivity index (χ2n) is 1.33. The summed E-state index contributed by atoms with van der Waals surface area (Å²) in [6.45, 7) is 2.95. The number of Topliss-reactive ketones (excluding diaryl/α,β-unsaturated/α-hetero) is 2. The van der Waals surface area contributed by atoms with Gasteiger partial charge in [0.1, 0.15) is 0 Å². The molecule has 0 heterocycles. The molecule has 0 N–H and O–H groups in total. The fraction of sp³-hybridized carbons (Fsp3) is 0.600. The molecule has 0 aromatic carbocycles. The zero-order chi connectivity index (χ0) is 5.86. The van der Waals surface area contributed by atoms with Crippen LogP contribution in [0.4, 0.5) is 0 Å². The van der Waals surface area contributed by atoms with E-state index in [9.17, 15) is 9.59 Å². The summed E-state index contributed by atoms with van der Waals surface area (Å²) in [4.78, 5) is 20.2. The number of ketones is 2. The van der Waals surface area contributed by atoms with Gasteiger partial charge in [0, 0.05) is 24.3 Å². The van der Waals surface area contributed by atoms with Gasteiger partial charge in [-0.2, -0.15) is 0 Å². The van der Waals surface area contributed by atoms with Gasteiger partial charge in [-0.3, -0.25) is 9.59 Å². The molecule has 44 valence electrons. The van der Waals surface area contributed by atoms with Crippen molar-refractivity contribution in [2.45, 2.75) is 20.3 Å². The van der Waals surface area contributed by atoms with E-state index in [0.29, 0.717) is 6.42 Å². The highest BCUT2D eigenvalue weighted by Gasteiger charge is 2.00. The molecular weight excluding hydrogens is 120 g/mol. The summed E-state index contributed by atoms with van der Waals surface area (Å²) in [5, 5.41) is 0. The third kappa shape index (κ3) is 3.74. The molecule has 4 radical (unpaired) electrons. The zero-order valence-corrected chi connectivity index (χ0v) is 6.02. The maximum atomic E-state index is 10.2. The largest absolute Gasteiger partial charge is 0.291 e. The lowest BCUT2D eigenvalue weighted by molar-refractivity contribution is -0.135. The first-order chi connectivity index (χ1) is 3.18. The Hall–Kier alpha value is -0.443. The van der Waals surface area contributed by atoms with E-state index in [4.69, 9.17) is 0 Å². The molecule has 8 heavy (non-hydrogen) atoms. The smallest absolute Gasteiger partial charge is 0.197 e. The van der Waals surface area contributed by atoms with Crippen molar-refractivity contribution in [1.29, 1.82) is 0 Å². The Morgan fingerprint density at radius 1 is 1.38 bits per heavy atom. The van der Waals surface area contributed by atoms with Crippen molar-refractivity contribution in [3.8, 4) is 0 Å². The average molecular weight is 128 g/mol. The second-order valence-corrected chi connectivity index (χ2v) is 1.33. The van der Waals surface area contributed by atoms with Gasteiger partial charge in [-0.15, -0.1) is 0 Å². The van der Waals surface area contributed by atoms with Crippen LogP contribution in [0.5, 0.6) is 0 Å². The number of hydrogen-bond donors (Lipinski definition) is 0. The Morgan fingerprint density at radius 2 is 1.75 bits per heavy atom. The van der Waals surface area contributed by atoms with E-state index in [1.54, 1.807) is 6.92 Å². The van der Waals surface area contributed by atoms with Crippen LogP contribution in [0.15, 0.2) is 0 Å². The molecule has 0 bridgehead atoms. The summed E-state index contributed by atoms with van der Waals surface area (Å²) < 4.78 is 0. The summed E-state index contributed by atoms with van der Waals surface area (Å²) in [6, 6.07) is 0. The number of carbonyl (C=O) groups excluding carboxylic acids is 2. The van der Waals surface area contributed by atoms with Crippen molar-refractivity contribution in [2.75, 3.05) is 0 Å². The topological polar surface area (TPSA) is 34.1 Å². The summed E-state index contributed by atoms with van der Waals surface area (Å²) in [5.74, 6) is -0.637. The summed E-state index contributed by atoms with van der Waals surface area (Å²) in [7, 11) is 0. The fourth-order valence-electron chi connectivity index (χ4n) is 0.249. The molecule has 0 aromatic rings. The zero-order valence-electron chi connectivity index (χ0n) is 5.02. The molecule has 0 atom stereocenters. The molecule has 3 heteroatoms. The van der Waals surface area contributed by atoms with Crippen molar-refractivity contribution in [1.82, 2.24) is 0 Å². The number of rotatable bonds is 2. The minimum Gasteiger partial charge on any atom is -0.291 e. The predicted molar refractivity (Wildman–Crippen MR) is 31.7 cm³/mol. The molecule has 0 spiro atoms. The molecule has 0 saturated heterocycles. The van der Waals surface area contributed by atoms with Crippen molar-refractivity contribution in [3.63, 3.8) is 0 Å². The predicted octanol–water partition coefficient (Wildman–Crippen LogP) is 0.174. The third-order valence-corrected chi connectivity index (χ3v) is 0.714. The quantitative estimate of drug-likeness (QED) is 0.392. The number of carbonyl (C=O) groups is 2. The van der Waals surface area contributed by atoms with Gasteiger partial charge in [0.2, 0.25) is 0 Å². The molecule has 0 fully saturated rings. The fourth-order valence-corrected chi connectivity index (χ4v) is 0.249. The highest BCUT2D eigenvalue weighted by atomic mass is 28.1. The van der Waals surface area contributed by atoms with E-state index >= 15 is 0 Å². The molecule has 0 aliphatic heterocycles. The Kier molecular flexibility index (Phi) is 6.19. The first kappa shape index (κ1) is 10.5. The normalized spacial score (nSPS) is 7.25. The van der Waals surface area contributed by atoms with Crippen molar-refractivity contribution in [3.05, 3.63) is 0 Å². The Labute approximate surface area is 53.3 Å². The van der Waals surface area contributed by atoms with Gasteiger partial charge in [0.25, 0.3) is 0 Å². The van der Waals surface area contributed by atoms with Crippen LogP contribution in [-0.2, 0) is 9.59 Å². The lowest BCUT2D eigenvalue weighted by Gasteiger charge is -1.81. The van der Waals surface area contributed by atoms with Gasteiger partial charge in [-0.25, -0.2) is 0 Å². The maximum absolute atomic E-state index is 10.2. The third-order valence-electron chi connectivity index (χ3n) is 0.714. The molecule has 2 nitrogen and oxygen atoms in total. The number of hydrogen-bond acceptors (Lipinski definition) is 2. The van der Waals surface area contributed by atoms with Crippen LogP contribution in [0, 0.1) is 0 Å². The van der Waals surface area contributed by atoms with Crippen LogP contribution in [0.3, 0.4) is 0 Å². The van der Waals surface area contributed by atoms with Gasteiger partial charge >= 0.3 is 0 Å². The monoisotopic (exact) mass is 128 g/mol. The summed E-state index contributed by atoms with van der Waals surface area (Å²) in [6.07, 6.45) is 0.329. The Bertz CT molecular complexity index is 98.6. The van der Waals surface area contributed by atoms with Gasteiger partial charge in [-0.05, 0) is 0 Å². The van der Waals surface area contributed by atoms with Crippen molar-refractivity contribution in [2.24, 2.45) is 0 Å².